The maximum Gasteiger partial charge on any atom is 0.137 e. The van der Waals surface area contributed by atoms with E-state index in [1.165, 1.54) is 0 Å². The Balaban J connectivity index is 1.42. The van der Waals surface area contributed by atoms with Gasteiger partial charge in [-0.1, -0.05) is 72.8 Å². The molecule has 4 heterocycles. The van der Waals surface area contributed by atoms with Crippen molar-refractivity contribution in [2.24, 2.45) is 4.99 Å². The number of aromatic nitrogens is 2. The van der Waals surface area contributed by atoms with E-state index in [2.05, 4.69) is 117 Å². The van der Waals surface area contributed by atoms with E-state index >= 15 is 0 Å². The maximum atomic E-state index is 10.5. The highest BCUT2D eigenvalue weighted by Gasteiger charge is 2.26. The number of rotatable bonds is 3. The van der Waals surface area contributed by atoms with Crippen LogP contribution in [-0.4, -0.2) is 22.4 Å². The quantitative estimate of drug-likeness (QED) is 0.178. The molecule has 0 bridgehead atoms. The summed E-state index contributed by atoms with van der Waals surface area (Å²) in [6.45, 7) is 0. The molecule has 0 fully saturated rings. The van der Waals surface area contributed by atoms with Crippen molar-refractivity contribution in [3.8, 4) is 17.4 Å². The van der Waals surface area contributed by atoms with Gasteiger partial charge in [-0.15, -0.1) is 0 Å². The number of nitriles is 1. The summed E-state index contributed by atoms with van der Waals surface area (Å²) in [6, 6.07) is 48.3. The summed E-state index contributed by atoms with van der Waals surface area (Å²) in [5, 5.41) is 19.1. The Hall–Kier alpha value is -7.10. The first-order valence-corrected chi connectivity index (χ1v) is 16.9. The van der Waals surface area contributed by atoms with Gasteiger partial charge in [0.05, 0.1) is 55.8 Å². The topological polar surface area (TPSA) is 72.3 Å². The van der Waals surface area contributed by atoms with E-state index in [1.54, 1.807) is 7.05 Å². The first-order chi connectivity index (χ1) is 25.2. The molecule has 11 rings (SSSR count). The molecule has 4 aromatic heterocycles. The minimum atomic E-state index is 0.540. The van der Waals surface area contributed by atoms with Gasteiger partial charge in [0.15, 0.2) is 0 Å². The predicted molar refractivity (Wildman–Crippen MR) is 208 cm³/mol. The zero-order chi connectivity index (χ0) is 33.8. The van der Waals surface area contributed by atoms with Gasteiger partial charge in [0, 0.05) is 51.1 Å². The molecule has 0 saturated heterocycles. The number of para-hydroxylation sites is 4. The van der Waals surface area contributed by atoms with Crippen molar-refractivity contribution in [3.63, 3.8) is 0 Å². The highest BCUT2D eigenvalue weighted by molar-refractivity contribution is 6.26. The largest absolute Gasteiger partial charge is 0.456 e. The summed E-state index contributed by atoms with van der Waals surface area (Å²) in [4.78, 5) is 4.55. The molecule has 11 aromatic rings. The lowest BCUT2D eigenvalue weighted by Gasteiger charge is -2.20. The summed E-state index contributed by atoms with van der Waals surface area (Å²) < 4.78 is 17.6. The fourth-order valence-electron chi connectivity index (χ4n) is 8.37. The lowest BCUT2D eigenvalue weighted by atomic mass is 10.0. The van der Waals surface area contributed by atoms with Gasteiger partial charge in [-0.05, 0) is 60.7 Å². The summed E-state index contributed by atoms with van der Waals surface area (Å²) in [5.41, 5.74) is 10.6. The molecule has 0 N–H and O–H groups in total. The van der Waals surface area contributed by atoms with Gasteiger partial charge in [-0.3, -0.25) is 4.99 Å². The molecule has 0 aliphatic carbocycles. The Kier molecular flexibility index (Phi) is 5.57. The third-order valence-electron chi connectivity index (χ3n) is 10.3. The van der Waals surface area contributed by atoms with Crippen molar-refractivity contribution < 1.29 is 8.83 Å². The lowest BCUT2D eigenvalue weighted by Crippen LogP contribution is -2.08. The van der Waals surface area contributed by atoms with Crippen LogP contribution in [0.1, 0.15) is 11.1 Å². The molecule has 6 nitrogen and oxygen atoms in total. The van der Waals surface area contributed by atoms with E-state index in [4.69, 9.17) is 8.83 Å². The zero-order valence-electron chi connectivity index (χ0n) is 27.4. The molecule has 0 saturated carbocycles. The van der Waals surface area contributed by atoms with E-state index in [0.717, 1.165) is 104 Å². The second kappa shape index (κ2) is 10.2. The van der Waals surface area contributed by atoms with Crippen molar-refractivity contribution >= 4 is 93.7 Å². The van der Waals surface area contributed by atoms with Crippen molar-refractivity contribution in [2.45, 2.75) is 0 Å². The molecule has 0 radical (unpaired) electrons. The third-order valence-corrected chi connectivity index (χ3v) is 10.3. The van der Waals surface area contributed by atoms with Crippen molar-refractivity contribution in [2.75, 3.05) is 7.05 Å². The van der Waals surface area contributed by atoms with Crippen LogP contribution in [0.3, 0.4) is 0 Å². The SMILES string of the molecule is CN=Cc1cc(C#N)cc(-n2c3ccccc3c3ccc4oc5ccccc5c4c32)c1-n1c2ccccc2c2ccc3oc4ccccc4c3c21. The van der Waals surface area contributed by atoms with Crippen LogP contribution in [0.4, 0.5) is 0 Å². The third kappa shape index (κ3) is 3.67. The number of benzene rings is 7. The number of hydrogen-bond donors (Lipinski definition) is 0. The molecule has 6 heteroatoms. The zero-order valence-corrected chi connectivity index (χ0v) is 27.4. The van der Waals surface area contributed by atoms with Crippen LogP contribution in [0.25, 0.3) is 98.9 Å². The highest BCUT2D eigenvalue weighted by atomic mass is 16.3. The average Bonchev–Trinajstić information content (AvgIpc) is 3.92. The Bertz CT molecular complexity index is 3340. The summed E-state index contributed by atoms with van der Waals surface area (Å²) in [6.07, 6.45) is 1.87. The normalized spacial score (nSPS) is 12.3. The molecular weight excluding hydrogens is 629 g/mol. The predicted octanol–water partition coefficient (Wildman–Crippen LogP) is 11.6. The van der Waals surface area contributed by atoms with Gasteiger partial charge >= 0.3 is 0 Å². The summed E-state index contributed by atoms with van der Waals surface area (Å²) in [7, 11) is 1.78. The van der Waals surface area contributed by atoms with Gasteiger partial charge in [-0.25, -0.2) is 0 Å². The molecule has 51 heavy (non-hydrogen) atoms. The second-order valence-electron chi connectivity index (χ2n) is 13.0. The molecular formula is C45H26N4O2. The minimum Gasteiger partial charge on any atom is -0.456 e. The Morgan fingerprint density at radius 1 is 0.549 bits per heavy atom. The van der Waals surface area contributed by atoms with E-state index in [-0.39, 0.29) is 0 Å². The molecule has 0 atom stereocenters. The molecule has 0 spiro atoms. The van der Waals surface area contributed by atoms with Crippen molar-refractivity contribution in [1.82, 2.24) is 9.13 Å². The molecule has 7 aromatic carbocycles. The summed E-state index contributed by atoms with van der Waals surface area (Å²) in [5.74, 6) is 0. The molecule has 238 valence electrons. The molecule has 0 unspecified atom stereocenters. The fourth-order valence-corrected chi connectivity index (χ4v) is 8.37. The number of furan rings is 2. The summed E-state index contributed by atoms with van der Waals surface area (Å²) >= 11 is 0. The number of hydrogen-bond acceptors (Lipinski definition) is 4. The molecule has 0 aliphatic rings. The van der Waals surface area contributed by atoms with E-state index in [1.807, 2.05) is 42.6 Å². The lowest BCUT2D eigenvalue weighted by molar-refractivity contribution is 0.669. The van der Waals surface area contributed by atoms with Crippen molar-refractivity contribution in [1.29, 1.82) is 5.26 Å². The van der Waals surface area contributed by atoms with E-state index < -0.39 is 0 Å². The van der Waals surface area contributed by atoms with Crippen LogP contribution in [0.15, 0.2) is 147 Å². The van der Waals surface area contributed by atoms with Gasteiger partial charge < -0.3 is 18.0 Å². The van der Waals surface area contributed by atoms with Gasteiger partial charge in [-0.2, -0.15) is 5.26 Å². The number of nitrogens with zero attached hydrogens (tertiary/aromatic N) is 4. The van der Waals surface area contributed by atoms with Crippen LogP contribution in [-0.2, 0) is 0 Å². The minimum absolute atomic E-state index is 0.540. The van der Waals surface area contributed by atoms with Gasteiger partial charge in [0.1, 0.15) is 22.3 Å². The molecule has 0 aliphatic heterocycles. The highest BCUT2D eigenvalue weighted by Crippen LogP contribution is 2.45. The first kappa shape index (κ1) is 27.8. The smallest absolute Gasteiger partial charge is 0.137 e. The van der Waals surface area contributed by atoms with Crippen LogP contribution < -0.4 is 0 Å². The average molecular weight is 655 g/mol. The van der Waals surface area contributed by atoms with Crippen molar-refractivity contribution in [3.05, 3.63) is 145 Å². The Labute approximate surface area is 290 Å². The number of aliphatic imine (C=N–C) groups is 1. The van der Waals surface area contributed by atoms with E-state index in [9.17, 15) is 5.26 Å². The van der Waals surface area contributed by atoms with Crippen LogP contribution in [0.2, 0.25) is 0 Å². The number of fused-ring (bicyclic) bond motifs is 14. The van der Waals surface area contributed by atoms with Crippen LogP contribution in [0.5, 0.6) is 0 Å². The Morgan fingerprint density at radius 2 is 1.06 bits per heavy atom. The van der Waals surface area contributed by atoms with Crippen LogP contribution >= 0.6 is 0 Å². The monoisotopic (exact) mass is 654 g/mol. The maximum absolute atomic E-state index is 10.5. The fraction of sp³-hybridized carbons (Fsp3) is 0.0222. The Morgan fingerprint density at radius 3 is 1.63 bits per heavy atom. The first-order valence-electron chi connectivity index (χ1n) is 16.9. The van der Waals surface area contributed by atoms with Crippen LogP contribution in [0, 0.1) is 11.3 Å². The van der Waals surface area contributed by atoms with E-state index in [0.29, 0.717) is 5.56 Å². The standard InChI is InChI=1S/C45H26N4O2/c1-47-25-27-22-26(24-46)23-36(48-34-14-6-2-10-28(34)30-18-20-39-41(44(30)48)32-12-4-8-16-37(32)50-39)43(27)49-35-15-7-3-11-29(35)31-19-21-40-42(45(31)49)33-13-5-9-17-38(33)51-40/h2-23,25H,1H3. The van der Waals surface area contributed by atoms with Gasteiger partial charge in [0.2, 0.25) is 0 Å². The molecule has 0 amide bonds. The second-order valence-corrected chi connectivity index (χ2v) is 13.0. The van der Waals surface area contributed by atoms with Gasteiger partial charge in [0.25, 0.3) is 0 Å².